The maximum Gasteiger partial charge on any atom is 0.132 e. The molecule has 1 aliphatic rings. The van der Waals surface area contributed by atoms with Crippen molar-refractivity contribution in [2.24, 2.45) is 0 Å². The van der Waals surface area contributed by atoms with E-state index in [-0.39, 0.29) is 0 Å². The summed E-state index contributed by atoms with van der Waals surface area (Å²) < 4.78 is -0.468. The summed E-state index contributed by atoms with van der Waals surface area (Å²) in [5, 5.41) is 0. The lowest BCUT2D eigenvalue weighted by Gasteiger charge is -2.15. The summed E-state index contributed by atoms with van der Waals surface area (Å²) in [6.45, 7) is 6.87. The molecule has 0 N–H and O–H groups in total. The molecule has 0 heterocycles. The van der Waals surface area contributed by atoms with Crippen LogP contribution in [-0.4, -0.2) is 17.2 Å². The molecule has 0 spiro atoms. The van der Waals surface area contributed by atoms with Crippen LogP contribution in [0.1, 0.15) is 0 Å². The minimum Gasteiger partial charge on any atom is -0.100 e. The SMILES string of the molecule is C[Si](C)(C)[C@H]1[C@@H](Br)C1(Cl)Cl. The van der Waals surface area contributed by atoms with Gasteiger partial charge in [-0.15, -0.1) is 23.2 Å². The molecule has 0 saturated heterocycles. The van der Waals surface area contributed by atoms with Gasteiger partial charge in [-0.1, -0.05) is 35.6 Å². The standard InChI is InChI=1S/C6H11BrCl2Si/c1-10(2,3)5-4(7)6(5,8)9/h4-5H,1-3H3/t4-,5+/m1/s1. The highest BCUT2D eigenvalue weighted by molar-refractivity contribution is 9.10. The minimum absolute atomic E-state index is 0.329. The van der Waals surface area contributed by atoms with Crippen molar-refractivity contribution in [1.29, 1.82) is 0 Å². The van der Waals surface area contributed by atoms with Crippen molar-refractivity contribution in [3.8, 4) is 0 Å². The Kier molecular flexibility index (Phi) is 2.23. The maximum atomic E-state index is 6.00. The van der Waals surface area contributed by atoms with Gasteiger partial charge in [0.15, 0.2) is 0 Å². The van der Waals surface area contributed by atoms with Crippen LogP contribution < -0.4 is 0 Å². The zero-order chi connectivity index (χ0) is 8.15. The van der Waals surface area contributed by atoms with Crippen LogP contribution >= 0.6 is 39.1 Å². The Morgan fingerprint density at radius 3 is 1.60 bits per heavy atom. The number of rotatable bonds is 1. The molecule has 60 valence electrons. The van der Waals surface area contributed by atoms with Crippen LogP contribution in [0.3, 0.4) is 0 Å². The molecule has 2 atom stereocenters. The van der Waals surface area contributed by atoms with Crippen molar-refractivity contribution in [3.63, 3.8) is 0 Å². The first-order chi connectivity index (χ1) is 4.28. The van der Waals surface area contributed by atoms with Gasteiger partial charge < -0.3 is 0 Å². The van der Waals surface area contributed by atoms with Crippen LogP contribution in [0.5, 0.6) is 0 Å². The van der Waals surface area contributed by atoms with E-state index < -0.39 is 12.4 Å². The topological polar surface area (TPSA) is 0 Å². The molecule has 0 bridgehead atoms. The first-order valence-corrected chi connectivity index (χ1v) is 8.54. The Bertz CT molecular complexity index is 142. The van der Waals surface area contributed by atoms with Crippen LogP contribution in [0.15, 0.2) is 0 Å². The molecule has 0 amide bonds. The lowest BCUT2D eigenvalue weighted by Crippen LogP contribution is -2.22. The molecular formula is C6H11BrCl2Si. The van der Waals surface area contributed by atoms with Crippen molar-refractivity contribution in [3.05, 3.63) is 0 Å². The smallest absolute Gasteiger partial charge is 0.100 e. The van der Waals surface area contributed by atoms with Crippen molar-refractivity contribution in [2.75, 3.05) is 0 Å². The molecule has 0 aromatic heterocycles. The molecule has 0 aliphatic heterocycles. The molecule has 1 saturated carbocycles. The van der Waals surface area contributed by atoms with Crippen LogP contribution in [0.4, 0.5) is 0 Å². The van der Waals surface area contributed by atoms with Gasteiger partial charge in [0.2, 0.25) is 0 Å². The van der Waals surface area contributed by atoms with E-state index in [2.05, 4.69) is 35.6 Å². The average Bonchev–Trinajstić information content (AvgIpc) is 2.03. The van der Waals surface area contributed by atoms with Gasteiger partial charge in [-0.2, -0.15) is 0 Å². The number of alkyl halides is 3. The van der Waals surface area contributed by atoms with Crippen LogP contribution in [-0.2, 0) is 0 Å². The Hall–Kier alpha value is 1.28. The van der Waals surface area contributed by atoms with E-state index in [1.54, 1.807) is 0 Å². The molecule has 10 heavy (non-hydrogen) atoms. The summed E-state index contributed by atoms with van der Waals surface area (Å²) in [6, 6.07) is 0. The summed E-state index contributed by atoms with van der Waals surface area (Å²) >= 11 is 15.5. The number of halogens is 3. The summed E-state index contributed by atoms with van der Waals surface area (Å²) in [5.74, 6) is 0. The van der Waals surface area contributed by atoms with Gasteiger partial charge in [0.25, 0.3) is 0 Å². The Balaban J connectivity index is 2.66. The van der Waals surface area contributed by atoms with E-state index in [0.717, 1.165) is 0 Å². The van der Waals surface area contributed by atoms with Gasteiger partial charge >= 0.3 is 0 Å². The van der Waals surface area contributed by atoms with Crippen molar-refractivity contribution < 1.29 is 0 Å². The lowest BCUT2D eigenvalue weighted by atomic mass is 10.9. The van der Waals surface area contributed by atoms with Crippen LogP contribution in [0, 0.1) is 0 Å². The molecule has 0 aromatic carbocycles. The molecule has 0 unspecified atom stereocenters. The second-order valence-corrected chi connectivity index (χ2v) is 11.7. The summed E-state index contributed by atoms with van der Waals surface area (Å²) in [6.07, 6.45) is 0. The minimum atomic E-state index is -1.13. The van der Waals surface area contributed by atoms with Gasteiger partial charge in [-0.05, 0) is 0 Å². The predicted octanol–water partition coefficient (Wildman–Crippen LogP) is 3.65. The van der Waals surface area contributed by atoms with Crippen molar-refractivity contribution in [2.45, 2.75) is 34.3 Å². The summed E-state index contributed by atoms with van der Waals surface area (Å²) in [5.41, 5.74) is 0.517. The van der Waals surface area contributed by atoms with E-state index in [9.17, 15) is 0 Å². The third-order valence-electron chi connectivity index (χ3n) is 1.90. The monoisotopic (exact) mass is 260 g/mol. The quantitative estimate of drug-likeness (QED) is 0.500. The van der Waals surface area contributed by atoms with Crippen molar-refractivity contribution >= 4 is 47.2 Å². The highest BCUT2D eigenvalue weighted by Crippen LogP contribution is 2.66. The second kappa shape index (κ2) is 2.38. The third kappa shape index (κ3) is 1.40. The van der Waals surface area contributed by atoms with Gasteiger partial charge in [0.1, 0.15) is 4.33 Å². The molecule has 4 heteroatoms. The fraction of sp³-hybridized carbons (Fsp3) is 1.00. The Labute approximate surface area is 81.4 Å². The van der Waals surface area contributed by atoms with E-state index >= 15 is 0 Å². The van der Waals surface area contributed by atoms with Gasteiger partial charge in [0, 0.05) is 5.54 Å². The number of hydrogen-bond donors (Lipinski definition) is 0. The highest BCUT2D eigenvalue weighted by atomic mass is 79.9. The van der Waals surface area contributed by atoms with Crippen LogP contribution in [0.2, 0.25) is 25.2 Å². The van der Waals surface area contributed by atoms with Gasteiger partial charge in [0.05, 0.1) is 12.9 Å². The second-order valence-electron chi connectivity index (χ2n) is 3.92. The largest absolute Gasteiger partial charge is 0.132 e. The fourth-order valence-electron chi connectivity index (χ4n) is 1.31. The predicted molar refractivity (Wildman–Crippen MR) is 54.2 cm³/mol. The molecule has 1 fully saturated rings. The molecule has 0 nitrogen and oxygen atoms in total. The van der Waals surface area contributed by atoms with E-state index in [1.807, 2.05) is 0 Å². The van der Waals surface area contributed by atoms with Gasteiger partial charge in [-0.3, -0.25) is 0 Å². The van der Waals surface area contributed by atoms with Crippen LogP contribution in [0.25, 0.3) is 0 Å². The summed E-state index contributed by atoms with van der Waals surface area (Å²) in [7, 11) is -1.13. The zero-order valence-corrected chi connectivity index (χ0v) is 10.4. The lowest BCUT2D eigenvalue weighted by molar-refractivity contribution is 1.28. The molecule has 0 radical (unpaired) electrons. The van der Waals surface area contributed by atoms with E-state index in [0.29, 0.717) is 10.4 Å². The van der Waals surface area contributed by atoms with Gasteiger partial charge in [-0.25, -0.2) is 0 Å². The zero-order valence-electron chi connectivity index (χ0n) is 6.29. The fourth-order valence-corrected chi connectivity index (χ4v) is 9.71. The third-order valence-corrected chi connectivity index (χ3v) is 8.13. The average molecular weight is 262 g/mol. The van der Waals surface area contributed by atoms with E-state index in [4.69, 9.17) is 23.2 Å². The highest BCUT2D eigenvalue weighted by Gasteiger charge is 2.66. The first kappa shape index (κ1) is 9.37. The summed E-state index contributed by atoms with van der Waals surface area (Å²) in [4.78, 5) is 0.329. The molecular weight excluding hydrogens is 251 g/mol. The van der Waals surface area contributed by atoms with E-state index in [1.165, 1.54) is 0 Å². The molecule has 1 rings (SSSR count). The number of hydrogen-bond acceptors (Lipinski definition) is 0. The first-order valence-electron chi connectivity index (χ1n) is 3.30. The van der Waals surface area contributed by atoms with Crippen molar-refractivity contribution in [1.82, 2.24) is 0 Å². The molecule has 1 aliphatic carbocycles. The molecule has 0 aromatic rings. The Morgan fingerprint density at radius 1 is 1.30 bits per heavy atom. The Morgan fingerprint density at radius 2 is 1.60 bits per heavy atom. The maximum absolute atomic E-state index is 6.00. The normalized spacial score (nSPS) is 37.8.